The summed E-state index contributed by atoms with van der Waals surface area (Å²) in [6.07, 6.45) is 0. The maximum absolute atomic E-state index is 4.50. The molecule has 6 aromatic rings. The quantitative estimate of drug-likeness (QED) is 0.105. The van der Waals surface area contributed by atoms with Crippen molar-refractivity contribution in [2.24, 2.45) is 0 Å². The normalized spacial score (nSPS) is 5.24. The summed E-state index contributed by atoms with van der Waals surface area (Å²) in [5.74, 6) is 0. The summed E-state index contributed by atoms with van der Waals surface area (Å²) < 4.78 is 0. The summed E-state index contributed by atoms with van der Waals surface area (Å²) in [6, 6.07) is 70.3. The van der Waals surface area contributed by atoms with Crippen LogP contribution in [0.1, 0.15) is 158 Å². The van der Waals surface area contributed by atoms with Gasteiger partial charge in [0, 0.05) is 131 Å². The van der Waals surface area contributed by atoms with E-state index in [-0.39, 0.29) is 175 Å². The molecule has 0 aliphatic rings. The predicted molar refractivity (Wildman–Crippen MR) is 338 cm³/mol. The van der Waals surface area contributed by atoms with Crippen LogP contribution in [-0.4, -0.2) is 7.85 Å². The van der Waals surface area contributed by atoms with Crippen molar-refractivity contribution < 1.29 is 131 Å². The number of benzene rings is 6. The van der Waals surface area contributed by atoms with E-state index < -0.39 is 0 Å². The van der Waals surface area contributed by atoms with E-state index in [2.05, 4.69) is 26.9 Å². The molecule has 6 rings (SSSR count). The number of hydrogen-bond acceptors (Lipinski definition) is 0. The van der Waals surface area contributed by atoms with E-state index in [9.17, 15) is 0 Å². The zero-order valence-corrected chi connectivity index (χ0v) is 64.9. The van der Waals surface area contributed by atoms with Crippen molar-refractivity contribution in [3.63, 3.8) is 0 Å². The molecule has 0 unspecified atom stereocenters. The van der Waals surface area contributed by atoms with Gasteiger partial charge in [-0.2, -0.15) is 0 Å². The first-order valence-electron chi connectivity index (χ1n) is 24.0. The molecule has 0 saturated heterocycles. The molecule has 0 N–H and O–H groups in total. The SMILES string of the molecule is CC.CC.CC.CC.CC.CC.CC.CC.CC.CC.CC.Cc1ccccc1.[B]C.[CH3-].[CH3-].[CH3-].[CH3-].[CH3-].[CH3-].[Y].[Y].[Y].[Y].c1ccccc1.c1ccccc1.c1ccccc1.c1ccccc1.c1ccccc1. The molecular weight excluding hydrogens is 1160 g/mol. The first-order valence-corrected chi connectivity index (χ1v) is 24.0. The summed E-state index contributed by atoms with van der Waals surface area (Å²) in [5.41, 5.74) is 1.32. The molecule has 0 atom stereocenters. The number of rotatable bonds is 0. The van der Waals surface area contributed by atoms with E-state index in [1.54, 1.807) is 0 Å². The molecule has 5 heteroatoms. The van der Waals surface area contributed by atoms with Gasteiger partial charge in [-0.05, 0) is 6.92 Å². The monoisotopic (exact) mass is 1280 g/mol. The van der Waals surface area contributed by atoms with Gasteiger partial charge < -0.3 is 44.6 Å². The summed E-state index contributed by atoms with van der Waals surface area (Å²) in [7, 11) is 4.50. The molecule has 0 fully saturated rings. The van der Waals surface area contributed by atoms with E-state index in [1.807, 2.05) is 353 Å². The Kier molecular flexibility index (Phi) is 472. The fraction of sp³-hybridized carbons (Fsp3) is 0.364. The summed E-state index contributed by atoms with van der Waals surface area (Å²) >= 11 is 0. The molecular formula is C66H125BY4-6. The van der Waals surface area contributed by atoms with Crippen LogP contribution in [0.5, 0.6) is 0 Å². The van der Waals surface area contributed by atoms with Crippen LogP contribution in [0.25, 0.3) is 0 Å². The molecule has 0 aromatic heterocycles. The third-order valence-electron chi connectivity index (χ3n) is 4.27. The fourth-order valence-corrected chi connectivity index (χ4v) is 2.46. The zero-order chi connectivity index (χ0) is 50.3. The largest absolute Gasteiger partial charge is 0.358 e. The first kappa shape index (κ1) is 145. The summed E-state index contributed by atoms with van der Waals surface area (Å²) in [6.45, 7) is 47.6. The Morgan fingerprint density at radius 2 is 0.225 bits per heavy atom. The summed E-state index contributed by atoms with van der Waals surface area (Å²) in [5, 5.41) is 0. The first-order chi connectivity index (χ1) is 30.4. The maximum Gasteiger partial charge on any atom is 0.0606 e. The second-order valence-corrected chi connectivity index (χ2v) is 7.43. The van der Waals surface area contributed by atoms with E-state index in [0.29, 0.717) is 0 Å². The number of aryl methyl sites for hydroxylation is 1. The van der Waals surface area contributed by atoms with Crippen molar-refractivity contribution in [3.8, 4) is 0 Å². The Morgan fingerprint density at radius 1 is 0.169 bits per heavy atom. The Hall–Kier alpha value is -0.199. The molecule has 6 radical (unpaired) electrons. The minimum atomic E-state index is 0. The average Bonchev–Trinajstić information content (AvgIpc) is 3.44. The van der Waals surface area contributed by atoms with Crippen LogP contribution >= 0.6 is 0 Å². The van der Waals surface area contributed by atoms with Crippen molar-refractivity contribution >= 4 is 7.85 Å². The van der Waals surface area contributed by atoms with Crippen LogP contribution in [0, 0.1) is 51.5 Å². The predicted octanol–water partition coefficient (Wildman–Crippen LogP) is 24.6. The second kappa shape index (κ2) is 231. The standard InChI is InChI=1S/C7H8.5C6H6.11C2H6.CH3B.6CH3.4Y/c1-7-5-3-2-4-6-7;5*1-2-4-6-5-3-1;12*1-2;;;;;;;;;;/h2-6H,1H3;5*1-6H;11*1-2H3;1H3;6*1H3;;;;/q;;;;;;;;;;;;;;;;;;6*-1;;;;. The van der Waals surface area contributed by atoms with Gasteiger partial charge in [-0.25, -0.2) is 0 Å². The molecule has 0 amide bonds. The van der Waals surface area contributed by atoms with E-state index in [1.165, 1.54) is 12.4 Å². The molecule has 0 aliphatic carbocycles. The van der Waals surface area contributed by atoms with Crippen molar-refractivity contribution in [2.45, 2.75) is 166 Å². The van der Waals surface area contributed by atoms with Gasteiger partial charge >= 0.3 is 0 Å². The Labute approximate surface area is 559 Å². The van der Waals surface area contributed by atoms with Gasteiger partial charge in [-0.15, -0.1) is 0 Å². The van der Waals surface area contributed by atoms with Crippen LogP contribution in [0.2, 0.25) is 6.82 Å². The van der Waals surface area contributed by atoms with Gasteiger partial charge in [0.2, 0.25) is 0 Å². The van der Waals surface area contributed by atoms with Gasteiger partial charge in [0.1, 0.15) is 0 Å². The van der Waals surface area contributed by atoms with Gasteiger partial charge in [0.15, 0.2) is 0 Å². The van der Waals surface area contributed by atoms with Crippen molar-refractivity contribution in [3.05, 3.63) is 262 Å². The summed E-state index contributed by atoms with van der Waals surface area (Å²) in [4.78, 5) is 0. The molecule has 6 aromatic carbocycles. The van der Waals surface area contributed by atoms with Crippen LogP contribution < -0.4 is 0 Å². The van der Waals surface area contributed by atoms with E-state index in [0.717, 1.165) is 0 Å². The minimum absolute atomic E-state index is 0. The molecule has 0 bridgehead atoms. The average molecular weight is 1290 g/mol. The third kappa shape index (κ3) is 225. The third-order valence-corrected chi connectivity index (χ3v) is 4.27. The maximum atomic E-state index is 4.50. The van der Waals surface area contributed by atoms with Gasteiger partial charge in [0.05, 0.1) is 7.85 Å². The topological polar surface area (TPSA) is 0 Å². The van der Waals surface area contributed by atoms with Gasteiger partial charge in [0.25, 0.3) is 0 Å². The van der Waals surface area contributed by atoms with Crippen molar-refractivity contribution in [2.75, 3.05) is 0 Å². The minimum Gasteiger partial charge on any atom is -0.358 e. The number of hydrogen-bond donors (Lipinski definition) is 0. The van der Waals surface area contributed by atoms with Crippen LogP contribution in [0.15, 0.2) is 212 Å². The second-order valence-electron chi connectivity index (χ2n) is 7.43. The fourth-order valence-electron chi connectivity index (χ4n) is 2.46. The van der Waals surface area contributed by atoms with Gasteiger partial charge in [-0.1, -0.05) is 377 Å². The van der Waals surface area contributed by atoms with Crippen LogP contribution in [0.3, 0.4) is 0 Å². The smallest absolute Gasteiger partial charge is 0.0606 e. The Morgan fingerprint density at radius 3 is 0.268 bits per heavy atom. The van der Waals surface area contributed by atoms with Gasteiger partial charge in [-0.3, -0.25) is 0 Å². The van der Waals surface area contributed by atoms with Crippen molar-refractivity contribution in [1.29, 1.82) is 0 Å². The molecule has 0 saturated carbocycles. The van der Waals surface area contributed by atoms with E-state index in [4.69, 9.17) is 0 Å². The van der Waals surface area contributed by atoms with Crippen LogP contribution in [0.4, 0.5) is 0 Å². The molecule has 0 spiro atoms. The molecule has 71 heavy (non-hydrogen) atoms. The molecule has 0 nitrogen and oxygen atoms in total. The van der Waals surface area contributed by atoms with Crippen LogP contribution in [-0.2, 0) is 131 Å². The van der Waals surface area contributed by atoms with Crippen molar-refractivity contribution in [1.82, 2.24) is 0 Å². The molecule has 410 valence electrons. The molecule has 0 heterocycles. The Balaban J connectivity index is -0.0000000182. The molecule has 0 aliphatic heterocycles. The zero-order valence-electron chi connectivity index (χ0n) is 53.6. The van der Waals surface area contributed by atoms with E-state index >= 15 is 0 Å². The Bertz CT molecular complexity index is 840.